The van der Waals surface area contributed by atoms with Gasteiger partial charge in [0.15, 0.2) is 21.6 Å². The molecule has 0 radical (unpaired) electrons. The molecule has 10 nitrogen and oxygen atoms in total. The molecule has 3 aliphatic rings. The lowest BCUT2D eigenvalue weighted by molar-refractivity contribution is -0.136. The zero-order chi connectivity index (χ0) is 22.4. The second-order valence-corrected chi connectivity index (χ2v) is 12.4. The molecule has 1 aromatic rings. The van der Waals surface area contributed by atoms with Gasteiger partial charge >= 0.3 is 5.97 Å². The number of sulfone groups is 1. The van der Waals surface area contributed by atoms with Gasteiger partial charge in [0.1, 0.15) is 0 Å². The molecule has 13 heteroatoms. The highest BCUT2D eigenvalue weighted by molar-refractivity contribution is 8.15. The zero-order valence-corrected chi connectivity index (χ0v) is 19.1. The topological polar surface area (TPSA) is 130 Å². The van der Waals surface area contributed by atoms with E-state index in [1.54, 1.807) is 30.0 Å². The number of amides is 1. The van der Waals surface area contributed by atoms with Crippen molar-refractivity contribution in [2.75, 3.05) is 41.9 Å². The minimum Gasteiger partial charge on any atom is -0.452 e. The van der Waals surface area contributed by atoms with Crippen molar-refractivity contribution >= 4 is 54.4 Å². The molecule has 0 spiro atoms. The second kappa shape index (κ2) is 8.10. The van der Waals surface area contributed by atoms with Gasteiger partial charge in [-0.2, -0.15) is 0 Å². The average Bonchev–Trinajstić information content (AvgIpc) is 3.23. The normalized spacial score (nSPS) is 22.9. The number of amidine groups is 1. The number of carbonyl (C=O) groups is 2. The van der Waals surface area contributed by atoms with E-state index in [4.69, 9.17) is 4.74 Å². The highest BCUT2D eigenvalue weighted by atomic mass is 32.2. The van der Waals surface area contributed by atoms with Gasteiger partial charge in [0.25, 0.3) is 15.9 Å². The summed E-state index contributed by atoms with van der Waals surface area (Å²) < 4.78 is 55.7. The minimum absolute atomic E-state index is 0.0532. The smallest absolute Gasteiger partial charge is 0.338 e. The van der Waals surface area contributed by atoms with E-state index >= 15 is 0 Å². The summed E-state index contributed by atoms with van der Waals surface area (Å²) in [5, 5.41) is 0.354. The van der Waals surface area contributed by atoms with Gasteiger partial charge in [-0.25, -0.2) is 21.6 Å². The molecule has 0 aromatic heterocycles. The molecule has 3 heterocycles. The van der Waals surface area contributed by atoms with Gasteiger partial charge in [-0.1, -0.05) is 0 Å². The molecule has 1 unspecified atom stereocenters. The van der Waals surface area contributed by atoms with Crippen LogP contribution in [-0.2, 0) is 29.4 Å². The van der Waals surface area contributed by atoms with E-state index in [1.807, 2.05) is 0 Å². The van der Waals surface area contributed by atoms with Crippen LogP contribution in [0.15, 0.2) is 27.5 Å². The molecule has 1 fully saturated rings. The number of benzene rings is 1. The van der Waals surface area contributed by atoms with E-state index in [0.29, 0.717) is 29.6 Å². The van der Waals surface area contributed by atoms with Crippen molar-refractivity contribution in [3.8, 4) is 0 Å². The number of rotatable bonds is 5. The Hall–Kier alpha value is -2.12. The van der Waals surface area contributed by atoms with Crippen molar-refractivity contribution in [3.63, 3.8) is 0 Å². The van der Waals surface area contributed by atoms with Crippen molar-refractivity contribution in [2.45, 2.75) is 24.3 Å². The summed E-state index contributed by atoms with van der Waals surface area (Å²) in [5.41, 5.74) is 1.000. The van der Waals surface area contributed by atoms with Crippen molar-refractivity contribution in [2.24, 2.45) is 4.40 Å². The van der Waals surface area contributed by atoms with Gasteiger partial charge in [0.05, 0.1) is 28.5 Å². The zero-order valence-electron chi connectivity index (χ0n) is 16.7. The summed E-state index contributed by atoms with van der Waals surface area (Å²) in [4.78, 5) is 28.9. The van der Waals surface area contributed by atoms with Crippen LogP contribution >= 0.6 is 11.8 Å². The van der Waals surface area contributed by atoms with Gasteiger partial charge in [-0.05, 0) is 43.3 Å². The van der Waals surface area contributed by atoms with E-state index in [-0.39, 0.29) is 22.8 Å². The molecule has 0 bridgehead atoms. The molecule has 4 rings (SSSR count). The van der Waals surface area contributed by atoms with Gasteiger partial charge in [0.2, 0.25) is 0 Å². The standard InChI is InChI=1S/C18H21N3O7S3/c1-2-20(13-5-7-30(24,25)11-13)16(22)10-28-17(23)12-3-4-14-15(9-12)29-18-19-31(26,27)8-6-21(14)18/h3-4,9,13H,2,5-8,10-11H2,1H3. The fraction of sp³-hybridized carbons (Fsp3) is 0.500. The lowest BCUT2D eigenvalue weighted by Crippen LogP contribution is -2.43. The molecular weight excluding hydrogens is 466 g/mol. The Kier molecular flexibility index (Phi) is 5.77. The fourth-order valence-electron chi connectivity index (χ4n) is 3.81. The van der Waals surface area contributed by atoms with Crippen molar-refractivity contribution in [3.05, 3.63) is 23.8 Å². The summed E-state index contributed by atoms with van der Waals surface area (Å²) in [6, 6.07) is 4.44. The number of nitrogens with zero attached hydrogens (tertiary/aromatic N) is 3. The number of fused-ring (bicyclic) bond motifs is 3. The van der Waals surface area contributed by atoms with E-state index in [9.17, 15) is 26.4 Å². The predicted octanol–water partition coefficient (Wildman–Crippen LogP) is 0.491. The van der Waals surface area contributed by atoms with E-state index in [0.717, 1.165) is 17.4 Å². The largest absolute Gasteiger partial charge is 0.452 e. The molecule has 1 aromatic carbocycles. The lowest BCUT2D eigenvalue weighted by atomic mass is 10.2. The Labute approximate surface area is 184 Å². The first-order valence-electron chi connectivity index (χ1n) is 9.67. The first-order valence-corrected chi connectivity index (χ1v) is 13.9. The monoisotopic (exact) mass is 487 g/mol. The molecule has 168 valence electrons. The lowest BCUT2D eigenvalue weighted by Gasteiger charge is -2.26. The number of ether oxygens (including phenoxy) is 1. The first-order chi connectivity index (χ1) is 14.6. The minimum atomic E-state index is -3.47. The number of carbonyl (C=O) groups excluding carboxylic acids is 2. The van der Waals surface area contributed by atoms with Gasteiger partial charge in [0, 0.05) is 24.0 Å². The molecule has 0 saturated carbocycles. The average molecular weight is 488 g/mol. The van der Waals surface area contributed by atoms with Crippen LogP contribution < -0.4 is 4.90 Å². The highest BCUT2D eigenvalue weighted by Gasteiger charge is 2.35. The van der Waals surface area contributed by atoms with Crippen molar-refractivity contribution < 1.29 is 31.2 Å². The third kappa shape index (κ3) is 4.58. The molecule has 1 saturated heterocycles. The summed E-state index contributed by atoms with van der Waals surface area (Å²) in [6.07, 6.45) is 0.383. The molecule has 1 atom stereocenters. The summed E-state index contributed by atoms with van der Waals surface area (Å²) in [7, 11) is -6.61. The number of sulfonamides is 1. The van der Waals surface area contributed by atoms with Crippen LogP contribution in [0.2, 0.25) is 0 Å². The quantitative estimate of drug-likeness (QED) is 0.545. The summed E-state index contributed by atoms with van der Waals surface area (Å²) >= 11 is 1.16. The summed E-state index contributed by atoms with van der Waals surface area (Å²) in [6.45, 7) is 1.89. The van der Waals surface area contributed by atoms with Crippen LogP contribution in [0.25, 0.3) is 0 Å². The summed E-state index contributed by atoms with van der Waals surface area (Å²) in [5.74, 6) is -1.22. The number of hydrogen-bond donors (Lipinski definition) is 0. The molecule has 1 amide bonds. The van der Waals surface area contributed by atoms with Crippen molar-refractivity contribution in [1.82, 2.24) is 4.90 Å². The van der Waals surface area contributed by atoms with Crippen LogP contribution in [0, 0.1) is 0 Å². The maximum atomic E-state index is 12.5. The van der Waals surface area contributed by atoms with E-state index in [1.165, 1.54) is 4.90 Å². The molecule has 0 N–H and O–H groups in total. The molecule has 0 aliphatic carbocycles. The van der Waals surface area contributed by atoms with Crippen LogP contribution in [0.1, 0.15) is 23.7 Å². The number of thioether (sulfide) groups is 1. The maximum absolute atomic E-state index is 12.5. The van der Waals surface area contributed by atoms with Crippen LogP contribution in [0.4, 0.5) is 5.69 Å². The SMILES string of the molecule is CCN(C(=O)COC(=O)c1ccc2c(c1)SC1=NS(=O)(=O)CCN12)C1CCS(=O)(=O)C1. The molecule has 3 aliphatic heterocycles. The fourth-order valence-corrected chi connectivity index (χ4v) is 7.84. The Balaban J connectivity index is 1.41. The van der Waals surface area contributed by atoms with Gasteiger partial charge < -0.3 is 14.5 Å². The third-order valence-electron chi connectivity index (χ3n) is 5.35. The number of likely N-dealkylation sites (N-methyl/N-ethyl adjacent to an activating group) is 1. The van der Waals surface area contributed by atoms with Crippen LogP contribution in [0.3, 0.4) is 0 Å². The Bertz CT molecular complexity index is 1180. The predicted molar refractivity (Wildman–Crippen MR) is 116 cm³/mol. The van der Waals surface area contributed by atoms with E-state index < -0.39 is 44.4 Å². The van der Waals surface area contributed by atoms with Crippen LogP contribution in [-0.4, -0.2) is 81.8 Å². The number of hydrogen-bond acceptors (Lipinski definition) is 9. The van der Waals surface area contributed by atoms with E-state index in [2.05, 4.69) is 4.40 Å². The third-order valence-corrected chi connectivity index (χ3v) is 9.40. The maximum Gasteiger partial charge on any atom is 0.338 e. The number of anilines is 1. The van der Waals surface area contributed by atoms with Crippen molar-refractivity contribution in [1.29, 1.82) is 0 Å². The Morgan fingerprint density at radius 3 is 2.71 bits per heavy atom. The Morgan fingerprint density at radius 1 is 1.26 bits per heavy atom. The highest BCUT2D eigenvalue weighted by Crippen LogP contribution is 2.42. The molecule has 31 heavy (non-hydrogen) atoms. The first kappa shape index (κ1) is 22.1. The Morgan fingerprint density at radius 2 is 2.03 bits per heavy atom. The molecular formula is C18H21N3O7S3. The van der Waals surface area contributed by atoms with Gasteiger partial charge in [-0.15, -0.1) is 4.40 Å². The van der Waals surface area contributed by atoms with Gasteiger partial charge in [-0.3, -0.25) is 4.79 Å². The van der Waals surface area contributed by atoms with Crippen LogP contribution in [0.5, 0.6) is 0 Å². The number of esters is 1. The second-order valence-electron chi connectivity index (χ2n) is 7.41.